The molecule has 0 aliphatic heterocycles. The lowest BCUT2D eigenvalue weighted by molar-refractivity contribution is -0.138. The van der Waals surface area contributed by atoms with Crippen LogP contribution in [0.3, 0.4) is 0 Å². The molecule has 0 atom stereocenters. The van der Waals surface area contributed by atoms with Crippen LogP contribution in [0.4, 0.5) is 24.8 Å². The molecule has 0 bridgehead atoms. The van der Waals surface area contributed by atoms with E-state index in [4.69, 9.17) is 11.6 Å². The van der Waals surface area contributed by atoms with Gasteiger partial charge in [-0.05, 0) is 30.7 Å². The maximum Gasteiger partial charge on any atom is 0.416 e. The maximum atomic E-state index is 13.2. The fourth-order valence-electron chi connectivity index (χ4n) is 2.88. The van der Waals surface area contributed by atoms with Crippen molar-refractivity contribution in [1.29, 1.82) is 0 Å². The van der Waals surface area contributed by atoms with E-state index in [1.807, 2.05) is 6.07 Å². The topological polar surface area (TPSA) is 71.4 Å². The number of aromatic nitrogens is 5. The number of benzene rings is 2. The van der Waals surface area contributed by atoms with Gasteiger partial charge in [-0.15, -0.1) is 5.10 Å². The molecule has 10 heteroatoms. The number of anilines is 2. The molecule has 0 unspecified atom stereocenters. The molecule has 2 N–H and O–H groups in total. The van der Waals surface area contributed by atoms with Gasteiger partial charge in [-0.2, -0.15) is 23.3 Å². The number of nitrogens with one attached hydrogen (secondary N) is 2. The van der Waals surface area contributed by atoms with Crippen molar-refractivity contribution >= 4 is 34.1 Å². The average molecular weight is 407 g/mol. The van der Waals surface area contributed by atoms with Gasteiger partial charge >= 0.3 is 6.18 Å². The molecule has 0 aliphatic rings. The molecule has 0 fully saturated rings. The van der Waals surface area contributed by atoms with Crippen LogP contribution in [0.2, 0.25) is 5.02 Å². The van der Waals surface area contributed by atoms with Gasteiger partial charge in [0.25, 0.3) is 0 Å². The summed E-state index contributed by atoms with van der Waals surface area (Å²) in [5.74, 6) is 0.518. The fourth-order valence-corrected chi connectivity index (χ4v) is 3.14. The Bertz CT molecular complexity index is 1180. The molecule has 2 aromatic heterocycles. The highest BCUT2D eigenvalue weighted by molar-refractivity contribution is 6.38. The highest BCUT2D eigenvalue weighted by Gasteiger charge is 2.32. The third-order valence-corrected chi connectivity index (χ3v) is 4.78. The molecule has 6 nitrogen and oxygen atoms in total. The van der Waals surface area contributed by atoms with Gasteiger partial charge in [0.1, 0.15) is 0 Å². The Morgan fingerprint density at radius 2 is 1.96 bits per heavy atom. The van der Waals surface area contributed by atoms with E-state index in [1.54, 1.807) is 25.4 Å². The second kappa shape index (κ2) is 6.52. The molecule has 0 amide bonds. The highest BCUT2D eigenvalue weighted by Crippen LogP contribution is 2.35. The summed E-state index contributed by atoms with van der Waals surface area (Å²) in [4.78, 5) is 4.33. The molecule has 0 spiro atoms. The predicted octanol–water partition coefficient (Wildman–Crippen LogP) is 5.08. The smallest absolute Gasteiger partial charge is 0.323 e. The van der Waals surface area contributed by atoms with Gasteiger partial charge in [0.15, 0.2) is 5.82 Å². The van der Waals surface area contributed by atoms with E-state index in [9.17, 15) is 13.2 Å². The molecule has 2 aromatic carbocycles. The largest absolute Gasteiger partial charge is 0.416 e. The van der Waals surface area contributed by atoms with Crippen molar-refractivity contribution in [3.05, 3.63) is 52.7 Å². The summed E-state index contributed by atoms with van der Waals surface area (Å²) in [6.07, 6.45) is -2.83. The van der Waals surface area contributed by atoms with Crippen LogP contribution in [-0.2, 0) is 13.2 Å². The van der Waals surface area contributed by atoms with E-state index in [2.05, 4.69) is 25.6 Å². The first kappa shape index (κ1) is 18.3. The van der Waals surface area contributed by atoms with Gasteiger partial charge in [0, 0.05) is 18.0 Å². The zero-order chi connectivity index (χ0) is 20.1. The highest BCUT2D eigenvalue weighted by atomic mass is 35.5. The molecule has 2 heterocycles. The van der Waals surface area contributed by atoms with Crippen molar-refractivity contribution in [2.45, 2.75) is 13.1 Å². The predicted molar refractivity (Wildman–Crippen MR) is 101 cm³/mol. The van der Waals surface area contributed by atoms with Gasteiger partial charge in [-0.25, -0.2) is 4.68 Å². The van der Waals surface area contributed by atoms with Crippen LogP contribution in [0, 0.1) is 6.92 Å². The average Bonchev–Trinajstić information content (AvgIpc) is 3.24. The van der Waals surface area contributed by atoms with Crippen LogP contribution in [0.15, 0.2) is 36.5 Å². The zero-order valence-corrected chi connectivity index (χ0v) is 15.5. The van der Waals surface area contributed by atoms with Crippen LogP contribution < -0.4 is 5.32 Å². The van der Waals surface area contributed by atoms with E-state index in [0.29, 0.717) is 16.7 Å². The number of aromatic amines is 1. The number of nitrogens with zero attached hydrogens (tertiary/aromatic N) is 4. The van der Waals surface area contributed by atoms with Gasteiger partial charge in [0.2, 0.25) is 5.95 Å². The quantitative estimate of drug-likeness (QED) is 0.497. The number of hydrogen-bond acceptors (Lipinski definition) is 4. The number of halogens is 4. The summed E-state index contributed by atoms with van der Waals surface area (Å²) >= 11 is 6.39. The maximum absolute atomic E-state index is 13.2. The monoisotopic (exact) mass is 406 g/mol. The van der Waals surface area contributed by atoms with E-state index in [-0.39, 0.29) is 17.0 Å². The van der Waals surface area contributed by atoms with E-state index < -0.39 is 11.7 Å². The molecule has 4 rings (SSSR count). The van der Waals surface area contributed by atoms with Crippen LogP contribution in [0.5, 0.6) is 0 Å². The first-order valence-corrected chi connectivity index (χ1v) is 8.59. The molecule has 144 valence electrons. The van der Waals surface area contributed by atoms with E-state index in [0.717, 1.165) is 17.0 Å². The lowest BCUT2D eigenvalue weighted by Gasteiger charge is -2.10. The van der Waals surface area contributed by atoms with Crippen LogP contribution in [0.1, 0.15) is 11.1 Å². The minimum atomic E-state index is -4.44. The summed E-state index contributed by atoms with van der Waals surface area (Å²) < 4.78 is 41.0. The van der Waals surface area contributed by atoms with Gasteiger partial charge < -0.3 is 5.32 Å². The lowest BCUT2D eigenvalue weighted by atomic mass is 10.0. The van der Waals surface area contributed by atoms with Crippen LogP contribution >= 0.6 is 11.6 Å². The first-order valence-electron chi connectivity index (χ1n) is 8.22. The zero-order valence-electron chi connectivity index (χ0n) is 14.8. The Kier molecular flexibility index (Phi) is 4.26. The molecule has 0 aliphatic carbocycles. The van der Waals surface area contributed by atoms with Gasteiger partial charge in [-0.3, -0.25) is 5.10 Å². The minimum Gasteiger partial charge on any atom is -0.323 e. The summed E-state index contributed by atoms with van der Waals surface area (Å²) in [6, 6.07) is 7.59. The van der Waals surface area contributed by atoms with Gasteiger partial charge in [0.05, 0.1) is 28.0 Å². The molecular weight excluding hydrogens is 393 g/mol. The van der Waals surface area contributed by atoms with Crippen molar-refractivity contribution in [2.24, 2.45) is 7.05 Å². The summed E-state index contributed by atoms with van der Waals surface area (Å²) in [5, 5.41) is 15.2. The van der Waals surface area contributed by atoms with Crippen molar-refractivity contribution in [3.8, 4) is 11.4 Å². The summed E-state index contributed by atoms with van der Waals surface area (Å²) in [7, 11) is 1.64. The molecule has 0 saturated heterocycles. The number of aryl methyl sites for hydroxylation is 2. The molecule has 4 aromatic rings. The van der Waals surface area contributed by atoms with Crippen molar-refractivity contribution in [1.82, 2.24) is 25.0 Å². The number of hydrogen-bond donors (Lipinski definition) is 2. The SMILES string of the molecule is Cc1ccc(-c2nc(Nc3ccc4[nH]ncc4c3Cl)n(C)n2)cc1C(F)(F)F. The summed E-state index contributed by atoms with van der Waals surface area (Å²) in [6.45, 7) is 1.42. The standard InChI is InChI=1S/C18H14ClF3N6/c1-9-3-4-10(7-12(9)18(20,21)22)16-25-17(28(2)27-16)24-14-6-5-13-11(15(14)19)8-23-26-13/h3-8H,1-2H3,(H,23,26)(H,24,25,27). The van der Waals surface area contributed by atoms with Crippen molar-refractivity contribution in [2.75, 3.05) is 5.32 Å². The number of H-pyrrole nitrogens is 1. The summed E-state index contributed by atoms with van der Waals surface area (Å²) in [5.41, 5.74) is 1.08. The van der Waals surface area contributed by atoms with Crippen LogP contribution in [-0.4, -0.2) is 25.0 Å². The first-order chi connectivity index (χ1) is 13.2. The third kappa shape index (κ3) is 3.18. The van der Waals surface area contributed by atoms with Crippen LogP contribution in [0.25, 0.3) is 22.3 Å². The fraction of sp³-hybridized carbons (Fsp3) is 0.167. The van der Waals surface area contributed by atoms with E-state index >= 15 is 0 Å². The Hall–Kier alpha value is -3.07. The second-order valence-corrected chi connectivity index (χ2v) is 6.67. The Morgan fingerprint density at radius 3 is 2.71 bits per heavy atom. The third-order valence-electron chi connectivity index (χ3n) is 4.37. The van der Waals surface area contributed by atoms with Gasteiger partial charge in [-0.1, -0.05) is 23.7 Å². The number of fused-ring (bicyclic) bond motifs is 1. The molecule has 0 saturated carbocycles. The van der Waals surface area contributed by atoms with E-state index in [1.165, 1.54) is 17.7 Å². The van der Waals surface area contributed by atoms with Crippen molar-refractivity contribution in [3.63, 3.8) is 0 Å². The number of rotatable bonds is 3. The molecule has 0 radical (unpaired) electrons. The normalized spacial score (nSPS) is 11.9. The molecular formula is C18H14ClF3N6. The minimum absolute atomic E-state index is 0.144. The Morgan fingerprint density at radius 1 is 1.18 bits per heavy atom. The lowest BCUT2D eigenvalue weighted by Crippen LogP contribution is -2.07. The Balaban J connectivity index is 1.70. The second-order valence-electron chi connectivity index (χ2n) is 6.29. The van der Waals surface area contributed by atoms with Crippen molar-refractivity contribution < 1.29 is 13.2 Å². The number of alkyl halides is 3. The Labute approximate surface area is 162 Å². The molecule has 28 heavy (non-hydrogen) atoms.